The zero-order valence-corrected chi connectivity index (χ0v) is 14.3. The number of para-hydroxylation sites is 3. The molecule has 0 aliphatic carbocycles. The molecule has 0 bridgehead atoms. The molecule has 4 rings (SSSR count). The molecular weight excluding hydrogens is 324 g/mol. The van der Waals surface area contributed by atoms with Crippen LogP contribution >= 0.6 is 0 Å². The van der Waals surface area contributed by atoms with Gasteiger partial charge in [-0.2, -0.15) is 0 Å². The topological polar surface area (TPSA) is 54.1 Å². The molecule has 0 aliphatic rings. The predicted molar refractivity (Wildman–Crippen MR) is 104 cm³/mol. The van der Waals surface area contributed by atoms with Crippen LogP contribution in [0.15, 0.2) is 78.9 Å². The third-order valence-electron chi connectivity index (χ3n) is 4.13. The number of aryl methyl sites for hydroxylation is 1. The van der Waals surface area contributed by atoms with Crippen LogP contribution in [0.3, 0.4) is 0 Å². The fraction of sp³-hybridized carbons (Fsp3) is 0.0455. The lowest BCUT2D eigenvalue weighted by molar-refractivity contribution is 0.102. The number of aromatic amines is 1. The number of hydrogen-bond acceptors (Lipinski definition) is 2. The summed E-state index contributed by atoms with van der Waals surface area (Å²) >= 11 is 0. The van der Waals surface area contributed by atoms with Gasteiger partial charge in [0.1, 0.15) is 11.4 Å². The monoisotopic (exact) mass is 342 g/mol. The van der Waals surface area contributed by atoms with E-state index in [9.17, 15) is 4.79 Å². The predicted octanol–water partition coefficient (Wildman–Crippen LogP) is 5.52. The Bertz CT molecular complexity index is 1070. The van der Waals surface area contributed by atoms with Crippen molar-refractivity contribution in [2.45, 2.75) is 6.92 Å². The van der Waals surface area contributed by atoms with Gasteiger partial charge in [-0.1, -0.05) is 42.0 Å². The van der Waals surface area contributed by atoms with E-state index in [0.717, 1.165) is 22.2 Å². The van der Waals surface area contributed by atoms with Crippen LogP contribution in [0.4, 0.5) is 5.69 Å². The van der Waals surface area contributed by atoms with Crippen LogP contribution in [-0.2, 0) is 0 Å². The minimum Gasteiger partial charge on any atom is -0.455 e. The van der Waals surface area contributed by atoms with Crippen molar-refractivity contribution >= 4 is 22.5 Å². The van der Waals surface area contributed by atoms with Gasteiger partial charge in [0.15, 0.2) is 5.75 Å². The quantitative estimate of drug-likeness (QED) is 0.513. The van der Waals surface area contributed by atoms with Crippen LogP contribution in [0, 0.1) is 6.92 Å². The number of aromatic nitrogens is 1. The Labute approximate surface area is 151 Å². The zero-order chi connectivity index (χ0) is 17.9. The van der Waals surface area contributed by atoms with E-state index in [-0.39, 0.29) is 5.91 Å². The molecule has 0 atom stereocenters. The molecule has 0 aliphatic heterocycles. The van der Waals surface area contributed by atoms with Crippen LogP contribution in [0.25, 0.3) is 10.9 Å². The van der Waals surface area contributed by atoms with Gasteiger partial charge < -0.3 is 15.0 Å². The molecule has 0 fully saturated rings. The first-order chi connectivity index (χ1) is 12.7. The van der Waals surface area contributed by atoms with Crippen LogP contribution in [0.5, 0.6) is 11.5 Å². The number of fused-ring (bicyclic) bond motifs is 1. The van der Waals surface area contributed by atoms with E-state index >= 15 is 0 Å². The van der Waals surface area contributed by atoms with Gasteiger partial charge in [0.2, 0.25) is 0 Å². The van der Waals surface area contributed by atoms with Gasteiger partial charge in [0, 0.05) is 10.9 Å². The Hall–Kier alpha value is -3.53. The fourth-order valence-electron chi connectivity index (χ4n) is 2.84. The first kappa shape index (κ1) is 16.0. The number of benzene rings is 3. The molecule has 0 radical (unpaired) electrons. The molecule has 1 heterocycles. The minimum atomic E-state index is -0.206. The van der Waals surface area contributed by atoms with Crippen molar-refractivity contribution in [3.63, 3.8) is 0 Å². The molecule has 3 aromatic carbocycles. The fourth-order valence-corrected chi connectivity index (χ4v) is 2.84. The molecule has 1 aromatic heterocycles. The molecule has 4 nitrogen and oxygen atoms in total. The van der Waals surface area contributed by atoms with Crippen LogP contribution in [-0.4, -0.2) is 10.9 Å². The van der Waals surface area contributed by atoms with Crippen LogP contribution < -0.4 is 10.1 Å². The Morgan fingerprint density at radius 1 is 0.923 bits per heavy atom. The summed E-state index contributed by atoms with van der Waals surface area (Å²) in [6.07, 6.45) is 0. The summed E-state index contributed by atoms with van der Waals surface area (Å²) in [5, 5.41) is 3.95. The average Bonchev–Trinajstić information content (AvgIpc) is 3.07. The van der Waals surface area contributed by atoms with Crippen molar-refractivity contribution in [3.8, 4) is 11.5 Å². The van der Waals surface area contributed by atoms with E-state index in [4.69, 9.17) is 4.74 Å². The lowest BCUT2D eigenvalue weighted by atomic mass is 10.2. The molecule has 4 heteroatoms. The standard InChI is InChI=1S/C22H18N2O2/c1-15-11-12-18-16(13-15)14-20(23-18)22(25)24-19-9-5-6-10-21(19)26-17-7-3-2-4-8-17/h2-14,23H,1H3,(H,24,25). The number of ether oxygens (including phenoxy) is 1. The maximum Gasteiger partial charge on any atom is 0.272 e. The highest BCUT2D eigenvalue weighted by Gasteiger charge is 2.13. The largest absolute Gasteiger partial charge is 0.455 e. The van der Waals surface area contributed by atoms with Gasteiger partial charge in [-0.3, -0.25) is 4.79 Å². The first-order valence-electron chi connectivity index (χ1n) is 8.42. The molecule has 0 spiro atoms. The molecule has 0 saturated heterocycles. The molecular formula is C22H18N2O2. The third-order valence-corrected chi connectivity index (χ3v) is 4.13. The van der Waals surface area contributed by atoms with E-state index < -0.39 is 0 Å². The van der Waals surface area contributed by atoms with E-state index in [2.05, 4.69) is 16.4 Å². The second-order valence-corrected chi connectivity index (χ2v) is 6.14. The maximum absolute atomic E-state index is 12.7. The normalized spacial score (nSPS) is 10.7. The SMILES string of the molecule is Cc1ccc2[nH]c(C(=O)Nc3ccccc3Oc3ccccc3)cc2c1. The molecule has 0 unspecified atom stereocenters. The smallest absolute Gasteiger partial charge is 0.272 e. The second kappa shape index (κ2) is 6.76. The van der Waals surface area contributed by atoms with Crippen molar-refractivity contribution in [1.29, 1.82) is 0 Å². The molecule has 4 aromatic rings. The summed E-state index contributed by atoms with van der Waals surface area (Å²) in [6.45, 7) is 2.03. The Kier molecular flexibility index (Phi) is 4.15. The highest BCUT2D eigenvalue weighted by molar-refractivity contribution is 6.06. The number of carbonyl (C=O) groups excluding carboxylic acids is 1. The average molecular weight is 342 g/mol. The van der Waals surface area contributed by atoms with Gasteiger partial charge in [0.25, 0.3) is 5.91 Å². The lowest BCUT2D eigenvalue weighted by Crippen LogP contribution is -2.12. The summed E-state index contributed by atoms with van der Waals surface area (Å²) in [4.78, 5) is 15.8. The van der Waals surface area contributed by atoms with Crippen LogP contribution in [0.1, 0.15) is 16.1 Å². The van der Waals surface area contributed by atoms with Crippen molar-refractivity contribution in [3.05, 3.63) is 90.1 Å². The maximum atomic E-state index is 12.7. The van der Waals surface area contributed by atoms with E-state index in [1.54, 1.807) is 0 Å². The molecule has 0 saturated carbocycles. The Balaban J connectivity index is 1.59. The molecule has 1 amide bonds. The van der Waals surface area contributed by atoms with Crippen molar-refractivity contribution in [1.82, 2.24) is 4.98 Å². The first-order valence-corrected chi connectivity index (χ1v) is 8.42. The third kappa shape index (κ3) is 3.30. The van der Waals surface area contributed by atoms with Gasteiger partial charge in [-0.05, 0) is 49.4 Å². The van der Waals surface area contributed by atoms with Crippen molar-refractivity contribution < 1.29 is 9.53 Å². The van der Waals surface area contributed by atoms with Gasteiger partial charge in [-0.25, -0.2) is 0 Å². The van der Waals surface area contributed by atoms with Gasteiger partial charge in [0.05, 0.1) is 5.69 Å². The van der Waals surface area contributed by atoms with Crippen molar-refractivity contribution in [2.75, 3.05) is 5.32 Å². The van der Waals surface area contributed by atoms with E-state index in [0.29, 0.717) is 17.1 Å². The number of amides is 1. The highest BCUT2D eigenvalue weighted by atomic mass is 16.5. The van der Waals surface area contributed by atoms with Gasteiger partial charge in [-0.15, -0.1) is 0 Å². The summed E-state index contributed by atoms with van der Waals surface area (Å²) in [5.41, 5.74) is 3.23. The van der Waals surface area contributed by atoms with E-state index in [1.807, 2.05) is 79.7 Å². The molecule has 2 N–H and O–H groups in total. The Morgan fingerprint density at radius 2 is 1.69 bits per heavy atom. The number of rotatable bonds is 4. The Morgan fingerprint density at radius 3 is 2.54 bits per heavy atom. The number of carbonyl (C=O) groups is 1. The summed E-state index contributed by atoms with van der Waals surface area (Å²) < 4.78 is 5.90. The number of H-pyrrole nitrogens is 1. The van der Waals surface area contributed by atoms with Crippen molar-refractivity contribution in [2.24, 2.45) is 0 Å². The second-order valence-electron chi connectivity index (χ2n) is 6.14. The van der Waals surface area contributed by atoms with E-state index in [1.165, 1.54) is 0 Å². The summed E-state index contributed by atoms with van der Waals surface area (Å²) in [6, 6.07) is 24.8. The van der Waals surface area contributed by atoms with Gasteiger partial charge >= 0.3 is 0 Å². The highest BCUT2D eigenvalue weighted by Crippen LogP contribution is 2.29. The van der Waals surface area contributed by atoms with Crippen LogP contribution in [0.2, 0.25) is 0 Å². The lowest BCUT2D eigenvalue weighted by Gasteiger charge is -2.11. The summed E-state index contributed by atoms with van der Waals surface area (Å²) in [5.74, 6) is 1.11. The molecule has 128 valence electrons. The number of anilines is 1. The summed E-state index contributed by atoms with van der Waals surface area (Å²) in [7, 11) is 0. The number of nitrogens with one attached hydrogen (secondary N) is 2. The zero-order valence-electron chi connectivity index (χ0n) is 14.3. The number of hydrogen-bond donors (Lipinski definition) is 2. The molecule has 26 heavy (non-hydrogen) atoms. The minimum absolute atomic E-state index is 0.206.